The monoisotopic (exact) mass is 253 g/mol. The molecule has 0 N–H and O–H groups in total. The van der Waals surface area contributed by atoms with E-state index in [4.69, 9.17) is 16.3 Å². The zero-order valence-electron chi connectivity index (χ0n) is 9.86. The predicted molar refractivity (Wildman–Crippen MR) is 66.9 cm³/mol. The Labute approximate surface area is 106 Å². The number of ether oxygens (including phenoxy) is 1. The van der Waals surface area contributed by atoms with Gasteiger partial charge in [-0.25, -0.2) is 0 Å². The number of amides is 1. The first-order valence-corrected chi connectivity index (χ1v) is 6.20. The van der Waals surface area contributed by atoms with Crippen LogP contribution >= 0.6 is 11.6 Å². The Morgan fingerprint density at radius 2 is 2.06 bits per heavy atom. The summed E-state index contributed by atoms with van der Waals surface area (Å²) >= 11 is 5.80. The maximum absolute atomic E-state index is 11.3. The molecule has 0 unspecified atom stereocenters. The van der Waals surface area contributed by atoms with Crippen molar-refractivity contribution in [2.75, 3.05) is 13.1 Å². The van der Waals surface area contributed by atoms with Crippen molar-refractivity contribution in [3.63, 3.8) is 0 Å². The molecule has 3 nitrogen and oxygen atoms in total. The SMILES string of the molecule is CCC(=O)N1CC(OCc2ccc(Cl)cc2)C1. The van der Waals surface area contributed by atoms with Crippen molar-refractivity contribution >= 4 is 17.5 Å². The number of nitrogens with zero attached hydrogens (tertiary/aromatic N) is 1. The second-order valence-electron chi connectivity index (χ2n) is 4.21. The molecule has 1 aliphatic heterocycles. The fourth-order valence-corrected chi connectivity index (χ4v) is 1.89. The van der Waals surface area contributed by atoms with Gasteiger partial charge in [0.05, 0.1) is 12.7 Å². The van der Waals surface area contributed by atoms with Crippen LogP contribution < -0.4 is 0 Å². The lowest BCUT2D eigenvalue weighted by atomic mass is 10.1. The van der Waals surface area contributed by atoms with E-state index in [9.17, 15) is 4.79 Å². The van der Waals surface area contributed by atoms with Crippen molar-refractivity contribution in [3.8, 4) is 0 Å². The molecule has 1 heterocycles. The summed E-state index contributed by atoms with van der Waals surface area (Å²) in [4.78, 5) is 13.1. The topological polar surface area (TPSA) is 29.5 Å². The molecule has 1 aromatic carbocycles. The Bertz CT molecular complexity index is 385. The van der Waals surface area contributed by atoms with Gasteiger partial charge < -0.3 is 9.64 Å². The molecule has 0 bridgehead atoms. The van der Waals surface area contributed by atoms with E-state index in [1.807, 2.05) is 36.1 Å². The molecule has 92 valence electrons. The van der Waals surface area contributed by atoms with E-state index in [-0.39, 0.29) is 12.0 Å². The Balaban J connectivity index is 1.71. The van der Waals surface area contributed by atoms with Crippen molar-refractivity contribution < 1.29 is 9.53 Å². The van der Waals surface area contributed by atoms with Gasteiger partial charge in [-0.2, -0.15) is 0 Å². The van der Waals surface area contributed by atoms with Crippen LogP contribution in [-0.2, 0) is 16.1 Å². The van der Waals surface area contributed by atoms with E-state index in [1.54, 1.807) is 0 Å². The van der Waals surface area contributed by atoms with Crippen LogP contribution in [0.15, 0.2) is 24.3 Å². The number of halogens is 1. The largest absolute Gasteiger partial charge is 0.370 e. The lowest BCUT2D eigenvalue weighted by Crippen LogP contribution is -2.54. The van der Waals surface area contributed by atoms with Gasteiger partial charge in [0.15, 0.2) is 0 Å². The average Bonchev–Trinajstić information content (AvgIpc) is 2.29. The van der Waals surface area contributed by atoms with E-state index in [0.29, 0.717) is 13.0 Å². The number of benzene rings is 1. The average molecular weight is 254 g/mol. The molecule has 1 aromatic rings. The second-order valence-corrected chi connectivity index (χ2v) is 4.65. The van der Waals surface area contributed by atoms with Gasteiger partial charge >= 0.3 is 0 Å². The van der Waals surface area contributed by atoms with Gasteiger partial charge in [-0.15, -0.1) is 0 Å². The quantitative estimate of drug-likeness (QED) is 0.825. The third-order valence-electron chi connectivity index (χ3n) is 2.90. The first-order chi connectivity index (χ1) is 8.19. The Morgan fingerprint density at radius 3 is 2.65 bits per heavy atom. The zero-order chi connectivity index (χ0) is 12.3. The molecule has 2 rings (SSSR count). The Hall–Kier alpha value is -1.06. The van der Waals surface area contributed by atoms with E-state index in [0.717, 1.165) is 23.7 Å². The maximum atomic E-state index is 11.3. The Kier molecular flexibility index (Phi) is 4.02. The molecule has 0 atom stereocenters. The first-order valence-electron chi connectivity index (χ1n) is 5.83. The highest BCUT2D eigenvalue weighted by Gasteiger charge is 2.30. The highest BCUT2D eigenvalue weighted by Crippen LogP contribution is 2.16. The van der Waals surface area contributed by atoms with E-state index >= 15 is 0 Å². The second kappa shape index (κ2) is 5.52. The summed E-state index contributed by atoms with van der Waals surface area (Å²) in [5.41, 5.74) is 1.11. The van der Waals surface area contributed by atoms with Crippen molar-refractivity contribution in [2.24, 2.45) is 0 Å². The van der Waals surface area contributed by atoms with E-state index in [1.165, 1.54) is 0 Å². The summed E-state index contributed by atoms with van der Waals surface area (Å²) in [5, 5.41) is 0.733. The molecule has 1 aliphatic rings. The molecule has 1 saturated heterocycles. The van der Waals surface area contributed by atoms with Crippen LogP contribution in [0.3, 0.4) is 0 Å². The third-order valence-corrected chi connectivity index (χ3v) is 3.15. The molecule has 0 saturated carbocycles. The third kappa shape index (κ3) is 3.20. The molecule has 17 heavy (non-hydrogen) atoms. The molecule has 0 aliphatic carbocycles. The van der Waals surface area contributed by atoms with Gasteiger partial charge in [0.25, 0.3) is 0 Å². The van der Waals surface area contributed by atoms with Crippen molar-refractivity contribution in [1.29, 1.82) is 0 Å². The van der Waals surface area contributed by atoms with Crippen molar-refractivity contribution in [2.45, 2.75) is 26.1 Å². The summed E-state index contributed by atoms with van der Waals surface area (Å²) < 4.78 is 5.69. The first kappa shape index (κ1) is 12.4. The molecular weight excluding hydrogens is 238 g/mol. The Morgan fingerprint density at radius 1 is 1.41 bits per heavy atom. The lowest BCUT2D eigenvalue weighted by molar-refractivity contribution is -0.145. The molecular formula is C13H16ClNO2. The van der Waals surface area contributed by atoms with Crippen LogP contribution in [0.2, 0.25) is 5.02 Å². The van der Waals surface area contributed by atoms with E-state index in [2.05, 4.69) is 0 Å². The predicted octanol–water partition coefficient (Wildman–Crippen LogP) is 2.48. The minimum atomic E-state index is 0.182. The number of rotatable bonds is 4. The highest BCUT2D eigenvalue weighted by atomic mass is 35.5. The van der Waals surface area contributed by atoms with Crippen molar-refractivity contribution in [1.82, 2.24) is 4.90 Å². The highest BCUT2D eigenvalue weighted by molar-refractivity contribution is 6.30. The van der Waals surface area contributed by atoms with Crippen molar-refractivity contribution in [3.05, 3.63) is 34.9 Å². The molecule has 0 radical (unpaired) electrons. The molecule has 4 heteroatoms. The van der Waals surface area contributed by atoms with Gasteiger partial charge in [0.2, 0.25) is 5.91 Å². The standard InChI is InChI=1S/C13H16ClNO2/c1-2-13(16)15-7-12(8-15)17-9-10-3-5-11(14)6-4-10/h3-6,12H,2,7-9H2,1H3. The smallest absolute Gasteiger partial charge is 0.222 e. The molecule has 0 spiro atoms. The zero-order valence-corrected chi connectivity index (χ0v) is 10.6. The number of hydrogen-bond donors (Lipinski definition) is 0. The van der Waals surface area contributed by atoms with Crippen LogP contribution in [0.5, 0.6) is 0 Å². The number of carbonyl (C=O) groups excluding carboxylic acids is 1. The van der Waals surface area contributed by atoms with Crippen LogP contribution in [-0.4, -0.2) is 30.0 Å². The summed E-state index contributed by atoms with van der Waals surface area (Å²) in [6, 6.07) is 7.62. The number of likely N-dealkylation sites (tertiary alicyclic amines) is 1. The summed E-state index contributed by atoms with van der Waals surface area (Å²) in [6.45, 7) is 3.90. The van der Waals surface area contributed by atoms with E-state index < -0.39 is 0 Å². The maximum Gasteiger partial charge on any atom is 0.222 e. The van der Waals surface area contributed by atoms with Crippen LogP contribution in [0.25, 0.3) is 0 Å². The normalized spacial score (nSPS) is 15.8. The molecule has 0 aromatic heterocycles. The molecule has 1 amide bonds. The van der Waals surface area contributed by atoms with Crippen LogP contribution in [0.1, 0.15) is 18.9 Å². The van der Waals surface area contributed by atoms with Gasteiger partial charge in [0, 0.05) is 24.5 Å². The van der Waals surface area contributed by atoms with Gasteiger partial charge in [0.1, 0.15) is 0 Å². The lowest BCUT2D eigenvalue weighted by Gasteiger charge is -2.38. The van der Waals surface area contributed by atoms with Gasteiger partial charge in [-0.05, 0) is 17.7 Å². The van der Waals surface area contributed by atoms with Crippen LogP contribution in [0, 0.1) is 0 Å². The fraction of sp³-hybridized carbons (Fsp3) is 0.462. The summed E-state index contributed by atoms with van der Waals surface area (Å²) in [5.74, 6) is 0.205. The minimum Gasteiger partial charge on any atom is -0.370 e. The minimum absolute atomic E-state index is 0.182. The number of hydrogen-bond acceptors (Lipinski definition) is 2. The number of carbonyl (C=O) groups is 1. The van der Waals surface area contributed by atoms with Gasteiger partial charge in [-0.1, -0.05) is 30.7 Å². The fourth-order valence-electron chi connectivity index (χ4n) is 1.77. The summed E-state index contributed by atoms with van der Waals surface area (Å²) in [7, 11) is 0. The summed E-state index contributed by atoms with van der Waals surface area (Å²) in [6.07, 6.45) is 0.755. The molecule has 1 fully saturated rings. The van der Waals surface area contributed by atoms with Crippen LogP contribution in [0.4, 0.5) is 0 Å². The van der Waals surface area contributed by atoms with Gasteiger partial charge in [-0.3, -0.25) is 4.79 Å².